The maximum atomic E-state index is 13.6. The van der Waals surface area contributed by atoms with Crippen LogP contribution in [0.5, 0.6) is 5.75 Å². The molecule has 49 heavy (non-hydrogen) atoms. The molecule has 2 N–H and O–H groups in total. The minimum Gasteiger partial charge on any atom is -0.494 e. The van der Waals surface area contributed by atoms with Crippen molar-refractivity contribution in [3.05, 3.63) is 88.4 Å². The van der Waals surface area contributed by atoms with Gasteiger partial charge >= 0.3 is 0 Å². The van der Waals surface area contributed by atoms with Gasteiger partial charge in [0.2, 0.25) is 11.8 Å². The Kier molecular flexibility index (Phi) is 12.0. The molecule has 1 saturated heterocycles. The van der Waals surface area contributed by atoms with E-state index in [0.29, 0.717) is 30.2 Å². The van der Waals surface area contributed by atoms with Gasteiger partial charge in [-0.05, 0) is 53.6 Å². The minimum absolute atomic E-state index is 0.0455. The zero-order valence-electron chi connectivity index (χ0n) is 29.1. The lowest BCUT2D eigenvalue weighted by Gasteiger charge is -2.39. The van der Waals surface area contributed by atoms with Crippen molar-refractivity contribution in [2.75, 3.05) is 19.7 Å². The van der Waals surface area contributed by atoms with Gasteiger partial charge in [0.25, 0.3) is 0 Å². The second-order valence-electron chi connectivity index (χ2n) is 14.1. The van der Waals surface area contributed by atoms with Crippen LogP contribution >= 0.6 is 11.3 Å². The number of unbranched alkanes of at least 4 members (excludes halogenated alkanes) is 4. The number of rotatable bonds is 16. The number of nitrogens with two attached hydrogens (primary N) is 1. The molecule has 9 heteroatoms. The average molecular weight is 681 g/mol. The quantitative estimate of drug-likeness (QED) is 0.0951. The van der Waals surface area contributed by atoms with Crippen molar-refractivity contribution in [2.24, 2.45) is 17.6 Å². The Bertz CT molecular complexity index is 1700. The molecular formula is C40H48N4O4S. The van der Waals surface area contributed by atoms with Crippen LogP contribution in [0.2, 0.25) is 0 Å². The van der Waals surface area contributed by atoms with Crippen molar-refractivity contribution >= 4 is 28.9 Å². The number of thiophene rings is 1. The summed E-state index contributed by atoms with van der Waals surface area (Å²) in [6.45, 7) is 9.91. The number of carbonyl (C=O) groups is 3. The Morgan fingerprint density at radius 2 is 1.53 bits per heavy atom. The van der Waals surface area contributed by atoms with Gasteiger partial charge in [-0.3, -0.25) is 14.4 Å². The number of primary amides is 1. The third-order valence-electron chi connectivity index (χ3n) is 9.05. The first-order valence-corrected chi connectivity index (χ1v) is 18.2. The van der Waals surface area contributed by atoms with E-state index >= 15 is 0 Å². The van der Waals surface area contributed by atoms with Gasteiger partial charge in [-0.1, -0.05) is 89.8 Å². The monoisotopic (exact) mass is 680 g/mol. The fourth-order valence-electron chi connectivity index (χ4n) is 5.90. The summed E-state index contributed by atoms with van der Waals surface area (Å²) in [7, 11) is 0. The van der Waals surface area contributed by atoms with Crippen LogP contribution in [-0.4, -0.2) is 52.2 Å². The number of hydrogen-bond acceptors (Lipinski definition) is 7. The molecule has 1 fully saturated rings. The lowest BCUT2D eigenvalue weighted by Crippen LogP contribution is -2.56. The third-order valence-corrected chi connectivity index (χ3v) is 10.6. The summed E-state index contributed by atoms with van der Waals surface area (Å²) in [6, 6.07) is 19.7. The van der Waals surface area contributed by atoms with Crippen LogP contribution in [0.15, 0.2) is 73.1 Å². The normalized spacial score (nSPS) is 13.9. The van der Waals surface area contributed by atoms with Gasteiger partial charge in [-0.2, -0.15) is 0 Å². The number of hydrogen-bond donors (Lipinski definition) is 1. The van der Waals surface area contributed by atoms with Crippen molar-refractivity contribution in [1.82, 2.24) is 14.9 Å². The largest absolute Gasteiger partial charge is 0.494 e. The maximum Gasteiger partial charge on any atom is 0.226 e. The Hall–Kier alpha value is -4.37. The molecule has 0 bridgehead atoms. The number of Topliss-reactive ketones (excluding diaryl/α,β-unsaturated/α-hetero) is 1. The van der Waals surface area contributed by atoms with Crippen LogP contribution in [0.4, 0.5) is 0 Å². The number of ketones is 1. The number of nitrogens with zero attached hydrogens (tertiary/aromatic N) is 3. The minimum atomic E-state index is -0.550. The van der Waals surface area contributed by atoms with Gasteiger partial charge in [0.1, 0.15) is 5.75 Å². The van der Waals surface area contributed by atoms with Crippen LogP contribution in [0.25, 0.3) is 22.5 Å². The highest BCUT2D eigenvalue weighted by Gasteiger charge is 2.38. The zero-order chi connectivity index (χ0) is 35.0. The Labute approximate surface area is 294 Å². The van der Waals surface area contributed by atoms with Crippen molar-refractivity contribution in [3.63, 3.8) is 0 Å². The van der Waals surface area contributed by atoms with E-state index in [0.717, 1.165) is 45.9 Å². The molecule has 5 rings (SSSR count). The average Bonchev–Trinajstić information content (AvgIpc) is 3.58. The predicted octanol–water partition coefficient (Wildman–Crippen LogP) is 7.89. The first-order chi connectivity index (χ1) is 23.5. The summed E-state index contributed by atoms with van der Waals surface area (Å²) in [5.41, 5.74) is 9.12. The lowest BCUT2D eigenvalue weighted by atomic mass is 9.89. The van der Waals surface area contributed by atoms with Gasteiger partial charge in [0.05, 0.1) is 17.4 Å². The number of ether oxygens (including phenoxy) is 1. The molecule has 1 aliphatic heterocycles. The number of aromatic nitrogens is 2. The molecule has 0 aliphatic carbocycles. The third kappa shape index (κ3) is 9.63. The number of carbonyl (C=O) groups excluding carboxylic acids is 3. The molecule has 8 nitrogen and oxygen atoms in total. The highest BCUT2D eigenvalue weighted by Crippen LogP contribution is 2.32. The highest BCUT2D eigenvalue weighted by molar-refractivity contribution is 7.14. The Balaban J connectivity index is 1.21. The second kappa shape index (κ2) is 16.4. The first kappa shape index (κ1) is 35.9. The molecule has 3 heterocycles. The fourth-order valence-corrected chi connectivity index (χ4v) is 6.91. The fraction of sp³-hybridized carbons (Fsp3) is 0.425. The van der Waals surface area contributed by atoms with E-state index in [2.05, 4.69) is 37.7 Å². The van der Waals surface area contributed by atoms with Gasteiger partial charge in [-0.15, -0.1) is 11.3 Å². The molecule has 2 aromatic carbocycles. The summed E-state index contributed by atoms with van der Waals surface area (Å²) in [6.07, 6.45) is 10.2. The van der Waals surface area contributed by atoms with Crippen LogP contribution in [0.3, 0.4) is 0 Å². The highest BCUT2D eigenvalue weighted by atomic mass is 32.1. The van der Waals surface area contributed by atoms with Crippen molar-refractivity contribution in [2.45, 2.75) is 78.1 Å². The maximum absolute atomic E-state index is 13.6. The van der Waals surface area contributed by atoms with E-state index in [1.165, 1.54) is 37.0 Å². The molecular weight excluding hydrogens is 633 g/mol. The van der Waals surface area contributed by atoms with Crippen LogP contribution in [-0.2, 0) is 21.4 Å². The van der Waals surface area contributed by atoms with Gasteiger partial charge in [0, 0.05) is 53.8 Å². The smallest absolute Gasteiger partial charge is 0.226 e. The van der Waals surface area contributed by atoms with E-state index in [4.69, 9.17) is 10.5 Å². The van der Waals surface area contributed by atoms with Crippen molar-refractivity contribution in [1.29, 1.82) is 0 Å². The van der Waals surface area contributed by atoms with Crippen LogP contribution < -0.4 is 10.5 Å². The summed E-state index contributed by atoms with van der Waals surface area (Å²) in [5.74, 6) is 0.0190. The molecule has 0 spiro atoms. The molecule has 0 saturated carbocycles. The molecule has 4 aromatic rings. The topological polar surface area (TPSA) is 115 Å². The molecule has 2 amide bonds. The SMILES string of the molecule is CCCCCCCOc1ccc(-c2cnc(-c3ccc(C[C@H](CC(=O)c4ccc(C(C)(C)C)s4)C(=O)N4CC(C(N)=O)C4)cc3)nc2)cc1. The Morgan fingerprint density at radius 3 is 2.14 bits per heavy atom. The van der Waals surface area contributed by atoms with E-state index in [9.17, 15) is 14.4 Å². The molecule has 258 valence electrons. The summed E-state index contributed by atoms with van der Waals surface area (Å²) >= 11 is 1.49. The van der Waals surface area contributed by atoms with Crippen molar-refractivity contribution in [3.8, 4) is 28.3 Å². The molecule has 1 aliphatic rings. The van der Waals surface area contributed by atoms with E-state index in [1.807, 2.05) is 73.1 Å². The van der Waals surface area contributed by atoms with Gasteiger partial charge in [0.15, 0.2) is 11.6 Å². The second-order valence-corrected chi connectivity index (χ2v) is 15.1. The number of benzene rings is 2. The van der Waals surface area contributed by atoms with Crippen LogP contribution in [0.1, 0.15) is 86.3 Å². The first-order valence-electron chi connectivity index (χ1n) is 17.4. The summed E-state index contributed by atoms with van der Waals surface area (Å²) in [4.78, 5) is 51.2. The number of likely N-dealkylation sites (tertiary alicyclic amines) is 1. The number of amides is 2. The lowest BCUT2D eigenvalue weighted by molar-refractivity contribution is -0.145. The molecule has 0 radical (unpaired) electrons. The Morgan fingerprint density at radius 1 is 0.878 bits per heavy atom. The van der Waals surface area contributed by atoms with E-state index in [1.54, 1.807) is 4.90 Å². The summed E-state index contributed by atoms with van der Waals surface area (Å²) < 4.78 is 5.90. The predicted molar refractivity (Wildman–Crippen MR) is 196 cm³/mol. The summed E-state index contributed by atoms with van der Waals surface area (Å²) in [5, 5.41) is 0. The van der Waals surface area contributed by atoms with Crippen molar-refractivity contribution < 1.29 is 19.1 Å². The molecule has 1 atom stereocenters. The molecule has 2 aromatic heterocycles. The molecule has 0 unspecified atom stereocenters. The zero-order valence-corrected chi connectivity index (χ0v) is 29.9. The van der Waals surface area contributed by atoms with E-state index < -0.39 is 11.8 Å². The van der Waals surface area contributed by atoms with Gasteiger partial charge in [-0.25, -0.2) is 9.97 Å². The van der Waals surface area contributed by atoms with E-state index in [-0.39, 0.29) is 29.4 Å². The standard InChI is InChI=1S/C40H48N4O4S/c1-5-6-7-8-9-20-48-33-16-14-28(15-17-33)31-23-42-38(43-24-31)29-12-10-27(11-13-29)21-30(39(47)44-25-32(26-44)37(41)46)22-34(45)35-18-19-36(49-35)40(2,3)4/h10-19,23-24,30,32H,5-9,20-22,25-26H2,1-4H3,(H2,41,46)/t30-/m1/s1. The van der Waals surface area contributed by atoms with Crippen LogP contribution in [0, 0.1) is 11.8 Å². The van der Waals surface area contributed by atoms with Gasteiger partial charge < -0.3 is 15.4 Å².